The van der Waals surface area contributed by atoms with E-state index in [1.807, 2.05) is 0 Å². The van der Waals surface area contributed by atoms with Crippen molar-refractivity contribution in [2.75, 3.05) is 18.4 Å². The molecule has 0 aliphatic carbocycles. The summed E-state index contributed by atoms with van der Waals surface area (Å²) in [5.41, 5.74) is 1.43. The Morgan fingerprint density at radius 2 is 1.45 bits per heavy atom. The second-order valence-electron chi connectivity index (χ2n) is 5.52. The maximum Gasteiger partial charge on any atom is 0.0233 e. The zero-order valence-corrected chi connectivity index (χ0v) is 14.6. The van der Waals surface area contributed by atoms with Crippen LogP contribution in [0.5, 0.6) is 0 Å². The van der Waals surface area contributed by atoms with Gasteiger partial charge in [-0.2, -0.15) is 0 Å². The van der Waals surface area contributed by atoms with Gasteiger partial charge in [0.2, 0.25) is 0 Å². The van der Waals surface area contributed by atoms with Crippen LogP contribution in [0.2, 0.25) is 0 Å². The Labute approximate surface area is 133 Å². The molecule has 0 unspecified atom stereocenters. The summed E-state index contributed by atoms with van der Waals surface area (Å²) < 4.78 is 0. The third-order valence-corrected chi connectivity index (χ3v) is 4.36. The average molecular weight is 340 g/mol. The Kier molecular flexibility index (Phi) is 11.0. The minimum Gasteiger partial charge on any atom is -0.299 e. The van der Waals surface area contributed by atoms with Gasteiger partial charge in [0.1, 0.15) is 0 Å². The Morgan fingerprint density at radius 3 is 2.05 bits per heavy atom. The fourth-order valence-corrected chi connectivity index (χ4v) is 2.90. The monoisotopic (exact) mass is 339 g/mol. The van der Waals surface area contributed by atoms with E-state index in [0.717, 1.165) is 18.4 Å². The minimum absolute atomic E-state index is 1.10. The average Bonchev–Trinajstić information content (AvgIpc) is 2.49. The third kappa shape index (κ3) is 8.76. The molecule has 1 aromatic carbocycles. The van der Waals surface area contributed by atoms with Crippen molar-refractivity contribution in [2.45, 2.75) is 58.4 Å². The first-order chi connectivity index (χ1) is 9.86. The van der Waals surface area contributed by atoms with Crippen LogP contribution in [0.25, 0.3) is 0 Å². The molecule has 20 heavy (non-hydrogen) atoms. The van der Waals surface area contributed by atoms with Crippen molar-refractivity contribution in [3.05, 3.63) is 35.9 Å². The highest BCUT2D eigenvalue weighted by Crippen LogP contribution is 2.10. The quantitative estimate of drug-likeness (QED) is 0.352. The van der Waals surface area contributed by atoms with E-state index < -0.39 is 0 Å². The van der Waals surface area contributed by atoms with Gasteiger partial charge in [0, 0.05) is 11.9 Å². The molecule has 0 saturated heterocycles. The molecular formula is C18H30BrN. The number of rotatable bonds is 12. The highest BCUT2D eigenvalue weighted by atomic mass is 79.9. The molecule has 0 spiro atoms. The van der Waals surface area contributed by atoms with Crippen molar-refractivity contribution < 1.29 is 0 Å². The maximum absolute atomic E-state index is 3.49. The topological polar surface area (TPSA) is 3.24 Å². The summed E-state index contributed by atoms with van der Waals surface area (Å²) in [7, 11) is 0. The van der Waals surface area contributed by atoms with Gasteiger partial charge in [-0.3, -0.25) is 4.90 Å². The molecular weight excluding hydrogens is 310 g/mol. The largest absolute Gasteiger partial charge is 0.299 e. The summed E-state index contributed by atoms with van der Waals surface area (Å²) in [5.74, 6) is 0. The Hall–Kier alpha value is -0.340. The summed E-state index contributed by atoms with van der Waals surface area (Å²) in [6.07, 6.45) is 9.69. The normalized spacial score (nSPS) is 11.2. The molecule has 1 aromatic rings. The molecule has 0 fully saturated rings. The molecule has 0 bridgehead atoms. The van der Waals surface area contributed by atoms with Gasteiger partial charge >= 0.3 is 0 Å². The van der Waals surface area contributed by atoms with Gasteiger partial charge < -0.3 is 0 Å². The van der Waals surface area contributed by atoms with Crippen LogP contribution in [0.3, 0.4) is 0 Å². The molecule has 0 atom stereocenters. The molecule has 114 valence electrons. The van der Waals surface area contributed by atoms with Gasteiger partial charge in [-0.1, -0.05) is 85.3 Å². The number of hydrogen-bond acceptors (Lipinski definition) is 1. The lowest BCUT2D eigenvalue weighted by Crippen LogP contribution is -2.23. The molecule has 2 heteroatoms. The highest BCUT2D eigenvalue weighted by Gasteiger charge is 2.02. The van der Waals surface area contributed by atoms with Gasteiger partial charge in [-0.05, 0) is 31.5 Å². The molecule has 0 aliphatic heterocycles. The lowest BCUT2D eigenvalue weighted by molar-refractivity contribution is 0.272. The van der Waals surface area contributed by atoms with Gasteiger partial charge in [0.25, 0.3) is 0 Å². The number of nitrogens with zero attached hydrogens (tertiary/aromatic N) is 1. The van der Waals surface area contributed by atoms with Crippen LogP contribution in [0.1, 0.15) is 57.4 Å². The first-order valence-electron chi connectivity index (χ1n) is 8.19. The van der Waals surface area contributed by atoms with Crippen molar-refractivity contribution >= 4 is 15.9 Å². The fourth-order valence-electron chi connectivity index (χ4n) is 2.50. The van der Waals surface area contributed by atoms with Gasteiger partial charge in [-0.25, -0.2) is 0 Å². The lowest BCUT2D eigenvalue weighted by atomic mass is 10.1. The molecule has 0 aromatic heterocycles. The smallest absolute Gasteiger partial charge is 0.0233 e. The minimum atomic E-state index is 1.10. The molecule has 1 rings (SSSR count). The van der Waals surface area contributed by atoms with Gasteiger partial charge in [0.15, 0.2) is 0 Å². The highest BCUT2D eigenvalue weighted by molar-refractivity contribution is 9.09. The van der Waals surface area contributed by atoms with E-state index in [-0.39, 0.29) is 0 Å². The first-order valence-corrected chi connectivity index (χ1v) is 9.31. The van der Waals surface area contributed by atoms with Crippen molar-refractivity contribution in [1.29, 1.82) is 0 Å². The summed E-state index contributed by atoms with van der Waals surface area (Å²) in [6, 6.07) is 10.8. The first kappa shape index (κ1) is 17.7. The Morgan fingerprint density at radius 1 is 0.850 bits per heavy atom. The van der Waals surface area contributed by atoms with Crippen LogP contribution >= 0.6 is 15.9 Å². The van der Waals surface area contributed by atoms with Gasteiger partial charge in [-0.15, -0.1) is 0 Å². The van der Waals surface area contributed by atoms with Crippen molar-refractivity contribution in [2.24, 2.45) is 0 Å². The number of unbranched alkanes of at least 4 members (excludes halogenated alkanes) is 6. The van der Waals surface area contributed by atoms with E-state index in [2.05, 4.69) is 58.1 Å². The zero-order chi connectivity index (χ0) is 14.5. The second kappa shape index (κ2) is 12.4. The van der Waals surface area contributed by atoms with Crippen LogP contribution in [-0.4, -0.2) is 23.3 Å². The SMILES string of the molecule is CCN(CCCCCCCCCBr)Cc1ccccc1. The second-order valence-corrected chi connectivity index (χ2v) is 6.31. The molecule has 0 radical (unpaired) electrons. The predicted octanol–water partition coefficient (Wildman–Crippen LogP) is 5.63. The third-order valence-electron chi connectivity index (χ3n) is 3.80. The summed E-state index contributed by atoms with van der Waals surface area (Å²) in [5, 5.41) is 1.16. The lowest BCUT2D eigenvalue weighted by Gasteiger charge is -2.20. The van der Waals surface area contributed by atoms with E-state index in [1.165, 1.54) is 57.1 Å². The van der Waals surface area contributed by atoms with E-state index in [0.29, 0.717) is 0 Å². The Balaban J connectivity index is 2.04. The summed E-state index contributed by atoms with van der Waals surface area (Å²) in [4.78, 5) is 2.56. The Bertz CT molecular complexity index is 312. The maximum atomic E-state index is 3.49. The van der Waals surface area contributed by atoms with E-state index >= 15 is 0 Å². The van der Waals surface area contributed by atoms with Crippen molar-refractivity contribution in [3.63, 3.8) is 0 Å². The van der Waals surface area contributed by atoms with Crippen molar-refractivity contribution in [3.8, 4) is 0 Å². The fraction of sp³-hybridized carbons (Fsp3) is 0.667. The number of alkyl halides is 1. The molecule has 0 heterocycles. The molecule has 0 aliphatic rings. The predicted molar refractivity (Wildman–Crippen MR) is 93.5 cm³/mol. The number of halogens is 1. The number of hydrogen-bond donors (Lipinski definition) is 0. The van der Waals surface area contributed by atoms with Crippen LogP contribution in [-0.2, 0) is 6.54 Å². The van der Waals surface area contributed by atoms with Gasteiger partial charge in [0.05, 0.1) is 0 Å². The molecule has 1 nitrogen and oxygen atoms in total. The van der Waals surface area contributed by atoms with Crippen molar-refractivity contribution in [1.82, 2.24) is 4.90 Å². The molecule has 0 N–H and O–H groups in total. The summed E-state index contributed by atoms with van der Waals surface area (Å²) in [6.45, 7) is 5.76. The van der Waals surface area contributed by atoms with E-state index in [4.69, 9.17) is 0 Å². The zero-order valence-electron chi connectivity index (χ0n) is 13.0. The van der Waals surface area contributed by atoms with Crippen LogP contribution in [0.4, 0.5) is 0 Å². The molecule has 0 amide bonds. The van der Waals surface area contributed by atoms with Crippen LogP contribution in [0, 0.1) is 0 Å². The number of benzene rings is 1. The van der Waals surface area contributed by atoms with Crippen LogP contribution in [0.15, 0.2) is 30.3 Å². The van der Waals surface area contributed by atoms with E-state index in [1.54, 1.807) is 0 Å². The summed E-state index contributed by atoms with van der Waals surface area (Å²) >= 11 is 3.49. The molecule has 0 saturated carbocycles. The van der Waals surface area contributed by atoms with E-state index in [9.17, 15) is 0 Å². The standard InChI is InChI=1S/C18H30BrN/c1-2-20(17-18-13-9-8-10-14-18)16-12-7-5-3-4-6-11-15-19/h8-10,13-14H,2-7,11-12,15-17H2,1H3. The van der Waals surface area contributed by atoms with Crippen LogP contribution < -0.4 is 0 Å².